The van der Waals surface area contributed by atoms with Gasteiger partial charge in [0.25, 0.3) is 5.96 Å². The van der Waals surface area contributed by atoms with E-state index in [0.29, 0.717) is 0 Å². The highest BCUT2D eigenvalue weighted by Crippen LogP contribution is 1.96. The van der Waals surface area contributed by atoms with E-state index in [4.69, 9.17) is 11.1 Å². The lowest BCUT2D eigenvalue weighted by Gasteiger charge is -1.95. The van der Waals surface area contributed by atoms with Crippen molar-refractivity contribution in [2.45, 2.75) is 6.92 Å². The van der Waals surface area contributed by atoms with Crippen molar-refractivity contribution in [3.8, 4) is 0 Å². The minimum atomic E-state index is 0. The molecule has 0 aliphatic rings. The molecule has 1 aromatic heterocycles. The minimum absolute atomic E-state index is 0. The third-order valence-corrected chi connectivity index (χ3v) is 1.24. The molecule has 5 heteroatoms. The number of nitrogens with two attached hydrogens (primary N) is 2. The summed E-state index contributed by atoms with van der Waals surface area (Å²) in [6.45, 7) is 1.96. The van der Waals surface area contributed by atoms with Crippen molar-refractivity contribution >= 4 is 11.8 Å². The summed E-state index contributed by atoms with van der Waals surface area (Å²) in [5, 5.41) is 8.48. The Bertz CT molecular complexity index is 257. The summed E-state index contributed by atoms with van der Waals surface area (Å²) in [6.07, 6.45) is 1.74. The molecule has 4 nitrogen and oxygen atoms in total. The zero-order chi connectivity index (χ0) is 8.27. The van der Waals surface area contributed by atoms with Gasteiger partial charge < -0.3 is 18.1 Å². The lowest BCUT2D eigenvalue weighted by atomic mass is 10.3. The van der Waals surface area contributed by atoms with Gasteiger partial charge in [-0.25, -0.2) is 15.7 Å². The van der Waals surface area contributed by atoms with E-state index in [1.165, 1.54) is 5.32 Å². The Morgan fingerprint density at radius 2 is 2.25 bits per heavy atom. The third kappa shape index (κ3) is 3.32. The number of nitrogens with zero attached hydrogens (tertiary/aromatic N) is 1. The van der Waals surface area contributed by atoms with Crippen LogP contribution in [0.1, 0.15) is 5.56 Å². The summed E-state index contributed by atoms with van der Waals surface area (Å²) in [7, 11) is 0. The van der Waals surface area contributed by atoms with Gasteiger partial charge in [-0.2, -0.15) is 0 Å². The van der Waals surface area contributed by atoms with Crippen LogP contribution in [0.15, 0.2) is 18.3 Å². The second-order valence-corrected chi connectivity index (χ2v) is 2.36. The summed E-state index contributed by atoms with van der Waals surface area (Å²) in [5.74, 6) is 0.754. The maximum Gasteiger partial charge on any atom is 0.295 e. The molecule has 0 bridgehead atoms. The molecule has 66 valence electrons. The van der Waals surface area contributed by atoms with Crippen molar-refractivity contribution in [3.63, 3.8) is 0 Å². The highest BCUT2D eigenvalue weighted by molar-refractivity contribution is 5.65. The van der Waals surface area contributed by atoms with E-state index in [1.54, 1.807) is 6.20 Å². The van der Waals surface area contributed by atoms with E-state index < -0.39 is 0 Å². The molecule has 1 heterocycles. The van der Waals surface area contributed by atoms with Gasteiger partial charge in [0.15, 0.2) is 0 Å². The van der Waals surface area contributed by atoms with Crippen LogP contribution in [0.4, 0.5) is 5.82 Å². The molecule has 0 aliphatic carbocycles. The van der Waals surface area contributed by atoms with Crippen LogP contribution in [0, 0.1) is 12.3 Å². The summed E-state index contributed by atoms with van der Waals surface area (Å²) < 4.78 is 0. The normalized spacial score (nSPS) is 8.75. The summed E-state index contributed by atoms with van der Waals surface area (Å²) in [6, 6.07) is 3.76. The van der Waals surface area contributed by atoms with E-state index in [-0.39, 0.29) is 18.4 Å². The molecule has 0 fully saturated rings. The van der Waals surface area contributed by atoms with E-state index in [1.807, 2.05) is 19.1 Å². The van der Waals surface area contributed by atoms with Gasteiger partial charge in [-0.05, 0) is 12.5 Å². The molecule has 0 atom stereocenters. The van der Waals surface area contributed by atoms with Gasteiger partial charge >= 0.3 is 0 Å². The molecule has 12 heavy (non-hydrogen) atoms. The first-order chi connectivity index (χ1) is 5.18. The first kappa shape index (κ1) is 10.9. The number of pyridine rings is 1. The Hall–Kier alpha value is -1.13. The highest BCUT2D eigenvalue weighted by atomic mass is 35.5. The molecule has 1 rings (SSSR count). The smallest absolute Gasteiger partial charge is 0.295 e. The van der Waals surface area contributed by atoms with Gasteiger partial charge in [0.2, 0.25) is 5.82 Å². The van der Waals surface area contributed by atoms with Crippen LogP contribution in [0.3, 0.4) is 0 Å². The van der Waals surface area contributed by atoms with Crippen molar-refractivity contribution < 1.29 is 17.7 Å². The van der Waals surface area contributed by atoms with Gasteiger partial charge in [-0.3, -0.25) is 0 Å². The number of aryl methyl sites for hydroxylation is 1. The molecule has 1 aromatic rings. The third-order valence-electron chi connectivity index (χ3n) is 1.24. The molecule has 0 saturated heterocycles. The van der Waals surface area contributed by atoms with Gasteiger partial charge in [-0.15, -0.1) is 0 Å². The number of aromatic nitrogens is 1. The maximum absolute atomic E-state index is 6.97. The fourth-order valence-corrected chi connectivity index (χ4v) is 0.724. The second kappa shape index (κ2) is 4.69. The fraction of sp³-hybridized carbons (Fsp3) is 0.143. The second-order valence-electron chi connectivity index (χ2n) is 2.36. The quantitative estimate of drug-likeness (QED) is 0.314. The molecule has 0 saturated carbocycles. The fourth-order valence-electron chi connectivity index (χ4n) is 0.724. The van der Waals surface area contributed by atoms with Crippen LogP contribution in [0.5, 0.6) is 0 Å². The SMILES string of the molecule is Cc1ccc([NH2+]C(=N)N)nc1.[Cl-]. The van der Waals surface area contributed by atoms with E-state index in [9.17, 15) is 0 Å². The highest BCUT2D eigenvalue weighted by Gasteiger charge is 1.98. The molecule has 0 unspecified atom stereocenters. The predicted octanol–water partition coefficient (Wildman–Crippen LogP) is -3.52. The van der Waals surface area contributed by atoms with Crippen molar-refractivity contribution in [1.29, 1.82) is 5.41 Å². The van der Waals surface area contributed by atoms with Gasteiger partial charge in [-0.1, -0.05) is 6.07 Å². The minimum Gasteiger partial charge on any atom is -1.00 e. The topological polar surface area (TPSA) is 79.4 Å². The molecule has 0 radical (unpaired) electrons. The van der Waals surface area contributed by atoms with Crippen LogP contribution in [0.2, 0.25) is 0 Å². The van der Waals surface area contributed by atoms with Gasteiger partial charge in [0.05, 0.1) is 0 Å². The summed E-state index contributed by atoms with van der Waals surface area (Å²) in [5.41, 5.74) is 6.25. The van der Waals surface area contributed by atoms with Crippen molar-refractivity contribution in [1.82, 2.24) is 4.98 Å². The van der Waals surface area contributed by atoms with Crippen LogP contribution < -0.4 is 23.5 Å². The average Bonchev–Trinajstić information content (AvgIpc) is 1.93. The van der Waals surface area contributed by atoms with Gasteiger partial charge in [0, 0.05) is 12.3 Å². The Morgan fingerprint density at radius 3 is 2.67 bits per heavy atom. The van der Waals surface area contributed by atoms with Gasteiger partial charge in [0.1, 0.15) is 0 Å². The number of hydrogen-bond acceptors (Lipinski definition) is 2. The molecule has 5 N–H and O–H groups in total. The first-order valence-corrected chi connectivity index (χ1v) is 3.30. The van der Waals surface area contributed by atoms with Crippen molar-refractivity contribution in [3.05, 3.63) is 23.9 Å². The van der Waals surface area contributed by atoms with Crippen LogP contribution in [-0.4, -0.2) is 10.9 Å². The van der Waals surface area contributed by atoms with Crippen LogP contribution in [0.25, 0.3) is 0 Å². The molecule has 0 spiro atoms. The van der Waals surface area contributed by atoms with E-state index in [0.717, 1.165) is 11.4 Å². The Kier molecular flexibility index (Phi) is 4.25. The van der Waals surface area contributed by atoms with Crippen molar-refractivity contribution in [2.24, 2.45) is 5.73 Å². The number of guanidine groups is 1. The summed E-state index contributed by atoms with van der Waals surface area (Å²) in [4.78, 5) is 4.04. The number of halogens is 1. The molecular formula is C7H11ClN4. The Balaban J connectivity index is 0.00000121. The maximum atomic E-state index is 6.97. The number of nitrogens with one attached hydrogen (secondary N) is 1. The standard InChI is InChI=1S/C7H10N4.ClH/c1-5-2-3-6(10-4-5)11-7(8)9;/h2-4H,1H3,(H4,8,9,10,11);1H. The Morgan fingerprint density at radius 1 is 1.58 bits per heavy atom. The first-order valence-electron chi connectivity index (χ1n) is 3.30. The number of hydrogen-bond donors (Lipinski definition) is 3. The predicted molar refractivity (Wildman–Crippen MR) is 42.5 cm³/mol. The molecule has 0 aliphatic heterocycles. The van der Waals surface area contributed by atoms with Crippen molar-refractivity contribution in [2.75, 3.05) is 0 Å². The molecular weight excluding hydrogens is 176 g/mol. The van der Waals surface area contributed by atoms with Crippen LogP contribution >= 0.6 is 0 Å². The van der Waals surface area contributed by atoms with E-state index in [2.05, 4.69) is 4.98 Å². The largest absolute Gasteiger partial charge is 1.00 e. The van der Waals surface area contributed by atoms with Crippen LogP contribution in [-0.2, 0) is 0 Å². The molecule has 0 amide bonds. The number of rotatable bonds is 1. The lowest BCUT2D eigenvalue weighted by molar-refractivity contribution is -0.451. The monoisotopic (exact) mass is 186 g/mol. The summed E-state index contributed by atoms with van der Waals surface area (Å²) >= 11 is 0. The molecule has 0 aromatic carbocycles. The number of quaternary nitrogens is 1. The zero-order valence-electron chi connectivity index (χ0n) is 6.71. The lowest BCUT2D eigenvalue weighted by Crippen LogP contribution is -3.00. The average molecular weight is 187 g/mol. The zero-order valence-corrected chi connectivity index (χ0v) is 7.47. The van der Waals surface area contributed by atoms with E-state index >= 15 is 0 Å². The Labute approximate surface area is 77.1 Å².